The summed E-state index contributed by atoms with van der Waals surface area (Å²) in [6, 6.07) is 10.8. The number of unbranched alkanes of at least 4 members (excludes halogenated alkanes) is 1. The SMILES string of the molecule is CO[C@H]1C[C@@H]2CC[C@@H](C)[C@@](O)(O2)C(=O)C(=O)N2CCCC[C@H]2C(=O)O[C@H]([C@H](N)C[C@@H]2CCC(n3nncc3-c3cccc(-c4cnc(N5CCN(Cc6cn(CCCOCCOCCOCCC(=O)NCCCCn7nc(-c8ccc9oc(N)nc9c8)c8c(N)ncnc87)nn6)C(CO)C5)nc4)c3)[C@H](OC)C2)CC(=O)[C@H](C)/C=C(\C)[C@@H](O)[C@@H](O)C(=O)[C@H](C)C[C@H](C)/C=C/C=CC=C1C. The van der Waals surface area contributed by atoms with Gasteiger partial charge in [0.15, 0.2) is 17.0 Å². The molecule has 5 aliphatic rings. The minimum Gasteiger partial charge on any atom is -0.459 e. The number of aryl methyl sites for hydroxylation is 2. The molecule has 4 fully saturated rings. The number of carbonyl (C=O) groups is 6. The van der Waals surface area contributed by atoms with Crippen molar-refractivity contribution >= 4 is 75.0 Å². The number of benzene rings is 2. The second-order valence-electron chi connectivity index (χ2n) is 36.0. The number of esters is 1. The molecule has 38 nitrogen and oxygen atoms in total. The number of nitrogen functional groups attached to an aromatic ring is 2. The number of nitrogens with zero attached hydrogens (tertiary/aromatic N) is 16. The molecule has 3 saturated heterocycles. The summed E-state index contributed by atoms with van der Waals surface area (Å²) >= 11 is 0. The standard InChI is InChI=1S/C95H130N20O18/c1-58-18-10-9-11-19-59(2)79(126-7)48-71-26-23-63(6)95(125,133-71)88(122)91(123)113-32-14-12-22-75(113)92(124)131-80(49-77(117)60(3)43-62(5)86(120)87(121)85(119)61(4)42-58)72(96)44-64-24-27-74(81(45-64)127-8)115-76(52-104-108-115)66-21-16-20-65(46-66)68-50-100-94(101-51-68)111-35-34-110(70(55-111)56-116)53-69-54-112(109-106-69)31-17-36-128-38-40-130-41-39-129-37-29-82(118)99-30-13-15-33-114-90-83(89(97)102-57-103-90)84(107-114)67-25-28-78-73(47-67)105-93(98)132-78/h9-11,16,18-21,25,28,43,46-47,50-52,54,57-58,60-61,63-64,70-72,74-75,79-81,86-87,116,120-121,125H,12-15,17,22-24,26-27,29-42,44-45,48-49,53,55-56,96H2,1-8H3,(H2,98,105)(H,99,118)(H2,97,102,103)/b11-9?,18-10+,59-19?,62-43+/t58-,60-,61-,63-,64+,70?,71+,72-,74?,75+,79+,80+,81-,86-,87+,95-/m1/s1. The molecule has 8 aromatic rings. The van der Waals surface area contributed by atoms with E-state index in [4.69, 9.17) is 69.8 Å². The number of methoxy groups -OCH3 is 2. The fourth-order valence-corrected chi connectivity index (χ4v) is 18.5. The zero-order valence-corrected chi connectivity index (χ0v) is 77.4. The maximum atomic E-state index is 14.9. The van der Waals surface area contributed by atoms with E-state index >= 15 is 0 Å². The first-order chi connectivity index (χ1) is 64.2. The van der Waals surface area contributed by atoms with Crippen LogP contribution in [0.3, 0.4) is 0 Å². The number of hydrogen-bond acceptors (Lipinski definition) is 33. The average Bonchev–Trinajstić information content (AvgIpc) is 1.63. The van der Waals surface area contributed by atoms with Gasteiger partial charge in [0, 0.05) is 152 Å². The number of cyclic esters (lactones) is 1. The predicted octanol–water partition coefficient (Wildman–Crippen LogP) is 7.63. The van der Waals surface area contributed by atoms with E-state index in [9.17, 15) is 49.2 Å². The number of nitrogens with two attached hydrogens (primary N) is 3. The van der Waals surface area contributed by atoms with Gasteiger partial charge in [-0.05, 0) is 150 Å². The van der Waals surface area contributed by atoms with E-state index in [0.29, 0.717) is 176 Å². The van der Waals surface area contributed by atoms with E-state index in [1.54, 1.807) is 69.0 Å². The third-order valence-electron chi connectivity index (χ3n) is 26.3. The van der Waals surface area contributed by atoms with E-state index in [-0.39, 0.29) is 93.3 Å². The molecule has 13 rings (SSSR count). The number of amides is 2. The van der Waals surface area contributed by atoms with Crippen molar-refractivity contribution in [3.63, 3.8) is 0 Å². The maximum absolute atomic E-state index is 14.9. The molecule has 38 heteroatoms. The van der Waals surface area contributed by atoms with Crippen molar-refractivity contribution in [2.24, 2.45) is 35.3 Å². The fourth-order valence-electron chi connectivity index (χ4n) is 18.5. The number of aliphatic hydroxyl groups is 4. The Hall–Kier alpha value is -10.9. The topological polar surface area (TPSA) is 505 Å². The maximum Gasteiger partial charge on any atom is 0.329 e. The number of fused-ring (bicyclic) bond motifs is 5. The van der Waals surface area contributed by atoms with Gasteiger partial charge in [0.2, 0.25) is 17.6 Å². The third-order valence-corrected chi connectivity index (χ3v) is 26.3. The highest BCUT2D eigenvalue weighted by Gasteiger charge is 2.53. The van der Waals surface area contributed by atoms with Crippen LogP contribution in [0.25, 0.3) is 55.8 Å². The number of carbonyl (C=O) groups excluding carboxylic acids is 6. The van der Waals surface area contributed by atoms with Gasteiger partial charge in [-0.3, -0.25) is 33.6 Å². The second kappa shape index (κ2) is 47.3. The minimum absolute atomic E-state index is 0.00506. The molecule has 0 spiro atoms. The van der Waals surface area contributed by atoms with E-state index < -0.39 is 101 Å². The van der Waals surface area contributed by atoms with Crippen molar-refractivity contribution in [1.82, 2.24) is 79.8 Å². The van der Waals surface area contributed by atoms with Gasteiger partial charge in [-0.15, -0.1) is 10.2 Å². The molecule has 0 radical (unpaired) electrons. The van der Waals surface area contributed by atoms with Crippen LogP contribution in [0.2, 0.25) is 0 Å². The summed E-state index contributed by atoms with van der Waals surface area (Å²) in [5.74, 6) is -8.42. The summed E-state index contributed by atoms with van der Waals surface area (Å²) in [7, 11) is 3.20. The monoisotopic (exact) mass is 1840 g/mol. The molecule has 2 bridgehead atoms. The average molecular weight is 1840 g/mol. The Bertz CT molecular complexity index is 5360. The number of ketones is 3. The molecule has 2 amide bonds. The highest BCUT2D eigenvalue weighted by molar-refractivity contribution is 6.39. The Morgan fingerprint density at radius 2 is 1.55 bits per heavy atom. The lowest BCUT2D eigenvalue weighted by atomic mass is 9.79. The Kier molecular flexibility index (Phi) is 35.5. The van der Waals surface area contributed by atoms with E-state index in [1.165, 1.54) is 19.3 Å². The van der Waals surface area contributed by atoms with Gasteiger partial charge < -0.3 is 90.3 Å². The first-order valence-electron chi connectivity index (χ1n) is 46.5. The van der Waals surface area contributed by atoms with Crippen LogP contribution >= 0.6 is 0 Å². The first-order valence-corrected chi connectivity index (χ1v) is 46.5. The molecule has 6 aromatic heterocycles. The summed E-state index contributed by atoms with van der Waals surface area (Å²) in [4.78, 5) is 113. The molecule has 2 unspecified atom stereocenters. The fraction of sp³-hybridized carbons (Fsp3) is 0.579. The number of Topliss-reactive ketones (excluding diaryl/α,β-unsaturated/α-hetero) is 3. The summed E-state index contributed by atoms with van der Waals surface area (Å²) in [6.45, 7) is 16.4. The third kappa shape index (κ3) is 25.6. The number of nitrogens with one attached hydrogen (secondary N) is 1. The Morgan fingerprint density at radius 3 is 2.33 bits per heavy atom. The van der Waals surface area contributed by atoms with Crippen LogP contribution in [-0.4, -0.2) is 284 Å². The van der Waals surface area contributed by atoms with Crippen molar-refractivity contribution in [3.05, 3.63) is 127 Å². The Labute approximate surface area is 773 Å². The molecule has 718 valence electrons. The molecular weight excluding hydrogens is 1710 g/mol. The molecule has 2 aromatic carbocycles. The molecule has 11 N–H and O–H groups in total. The van der Waals surface area contributed by atoms with Gasteiger partial charge in [0.25, 0.3) is 17.7 Å². The number of rotatable bonds is 31. The number of aromatic nitrogens is 13. The van der Waals surface area contributed by atoms with Crippen molar-refractivity contribution < 1.29 is 86.8 Å². The minimum atomic E-state index is -2.51. The zero-order valence-electron chi connectivity index (χ0n) is 77.4. The van der Waals surface area contributed by atoms with Crippen LogP contribution < -0.4 is 27.4 Å². The smallest absolute Gasteiger partial charge is 0.329 e. The van der Waals surface area contributed by atoms with E-state index in [2.05, 4.69) is 50.7 Å². The van der Waals surface area contributed by atoms with Crippen molar-refractivity contribution in [1.29, 1.82) is 0 Å². The summed E-state index contributed by atoms with van der Waals surface area (Å²) in [6.07, 6.45) is 19.8. The molecule has 1 saturated carbocycles. The Morgan fingerprint density at radius 1 is 0.767 bits per heavy atom. The van der Waals surface area contributed by atoms with Crippen LogP contribution in [-0.2, 0) is 81.6 Å². The Balaban J connectivity index is 0.548. The number of piperazine rings is 1. The molecule has 4 aliphatic heterocycles. The van der Waals surface area contributed by atoms with Crippen LogP contribution in [0.5, 0.6) is 0 Å². The number of allylic oxidation sites excluding steroid dienone is 6. The summed E-state index contributed by atoms with van der Waals surface area (Å²) in [5, 5.41) is 71.9. The summed E-state index contributed by atoms with van der Waals surface area (Å²) in [5.41, 5.74) is 27.5. The van der Waals surface area contributed by atoms with Crippen LogP contribution in [0, 0.1) is 29.6 Å². The van der Waals surface area contributed by atoms with Crippen LogP contribution in [0.15, 0.2) is 126 Å². The lowest BCUT2D eigenvalue weighted by Crippen LogP contribution is -2.61. The molecular formula is C95H130N20O18. The lowest BCUT2D eigenvalue weighted by Gasteiger charge is -2.42. The van der Waals surface area contributed by atoms with Crippen molar-refractivity contribution in [2.75, 3.05) is 110 Å². The van der Waals surface area contributed by atoms with Crippen LogP contribution in [0.1, 0.15) is 156 Å². The highest BCUT2D eigenvalue weighted by atomic mass is 16.6. The number of aliphatic hydroxyl groups excluding tert-OH is 3. The number of ether oxygens (including phenoxy) is 7. The van der Waals surface area contributed by atoms with E-state index in [0.717, 1.165) is 57.0 Å². The first kappa shape index (κ1) is 99.6. The van der Waals surface area contributed by atoms with E-state index in [1.807, 2.05) is 91.5 Å². The van der Waals surface area contributed by atoms with Gasteiger partial charge in [0.1, 0.15) is 53.5 Å². The number of anilines is 3. The second-order valence-corrected chi connectivity index (χ2v) is 36.0. The molecule has 10 heterocycles. The predicted molar refractivity (Wildman–Crippen MR) is 493 cm³/mol. The molecule has 133 heavy (non-hydrogen) atoms. The largest absolute Gasteiger partial charge is 0.459 e. The van der Waals surface area contributed by atoms with Gasteiger partial charge in [-0.25, -0.2) is 34.1 Å². The normalized spacial score (nSPS) is 26.6. The molecule has 16 atom stereocenters. The van der Waals surface area contributed by atoms with Gasteiger partial charge in [0.05, 0.1) is 93.0 Å². The number of hydrogen-bond donors (Lipinski definition) is 8. The van der Waals surface area contributed by atoms with Gasteiger partial charge in [-0.1, -0.05) is 92.8 Å². The van der Waals surface area contributed by atoms with Gasteiger partial charge in [-0.2, -0.15) is 10.1 Å². The lowest BCUT2D eigenvalue weighted by molar-refractivity contribution is -0.265. The number of piperidine rings is 1. The zero-order chi connectivity index (χ0) is 94.4. The van der Waals surface area contributed by atoms with Crippen molar-refractivity contribution in [2.45, 2.75) is 230 Å². The van der Waals surface area contributed by atoms with Crippen molar-refractivity contribution in [3.8, 4) is 33.6 Å². The summed E-state index contributed by atoms with van der Waals surface area (Å²) < 4.78 is 52.8. The molecule has 1 aliphatic carbocycles. The number of oxazole rings is 1. The van der Waals surface area contributed by atoms with Gasteiger partial charge >= 0.3 is 5.97 Å². The highest BCUT2D eigenvalue weighted by Crippen LogP contribution is 2.42. The quantitative estimate of drug-likeness (QED) is 0.00895. The van der Waals surface area contributed by atoms with Crippen LogP contribution in [0.4, 0.5) is 17.8 Å².